The number of nitrogens with one attached hydrogen (secondary N) is 1. The molecule has 4 rings (SSSR count). The van der Waals surface area contributed by atoms with Crippen molar-refractivity contribution < 1.29 is 26.0 Å². The number of benzene rings is 2. The molecule has 1 aliphatic carbocycles. The van der Waals surface area contributed by atoms with Crippen LogP contribution in [0.3, 0.4) is 0 Å². The summed E-state index contributed by atoms with van der Waals surface area (Å²) in [5.74, 6) is -0.803. The number of aromatic nitrogens is 1. The smallest absolute Gasteiger partial charge is 0.347 e. The van der Waals surface area contributed by atoms with Crippen molar-refractivity contribution in [1.29, 1.82) is 5.26 Å². The summed E-state index contributed by atoms with van der Waals surface area (Å²) in [5.41, 5.74) is 0.248. The second-order valence-electron chi connectivity index (χ2n) is 10.5. The van der Waals surface area contributed by atoms with Crippen LogP contribution >= 0.6 is 0 Å². The summed E-state index contributed by atoms with van der Waals surface area (Å²) in [7, 11) is -4.23. The summed E-state index contributed by atoms with van der Waals surface area (Å²) in [6.07, 6.45) is -2.42. The molecule has 0 amide bonds. The van der Waals surface area contributed by atoms with E-state index in [1.54, 1.807) is 22.8 Å². The first-order chi connectivity index (χ1) is 16.7. The number of alkyl halides is 3. The Bertz CT molecular complexity index is 1440. The monoisotopic (exact) mass is 521 g/mol. The topological polar surface area (TPSA) is 74.9 Å². The second-order valence-corrected chi connectivity index (χ2v) is 12.5. The van der Waals surface area contributed by atoms with Crippen LogP contribution in [0.15, 0.2) is 42.6 Å². The molecule has 0 bridgehead atoms. The SMILES string of the molecule is CC(C)(C)Cn1cc([C@H](NS(=O)(=O)C2CCC2)C(F)(F)F)c2cc(F)c(-c3ccccc3C#N)cc21. The molecule has 0 radical (unpaired) electrons. The molecule has 1 saturated carbocycles. The van der Waals surface area contributed by atoms with Crippen molar-refractivity contribution in [2.24, 2.45) is 5.41 Å². The summed E-state index contributed by atoms with van der Waals surface area (Å²) < 4.78 is 87.0. The van der Waals surface area contributed by atoms with Crippen LogP contribution in [0, 0.1) is 22.6 Å². The van der Waals surface area contributed by atoms with Crippen LogP contribution in [0.5, 0.6) is 0 Å². The minimum Gasteiger partial charge on any atom is -0.347 e. The van der Waals surface area contributed by atoms with Gasteiger partial charge in [-0.3, -0.25) is 0 Å². The van der Waals surface area contributed by atoms with Gasteiger partial charge in [0.1, 0.15) is 11.9 Å². The zero-order valence-electron chi connectivity index (χ0n) is 20.2. The lowest BCUT2D eigenvalue weighted by Crippen LogP contribution is -2.44. The fourth-order valence-corrected chi connectivity index (χ4v) is 6.22. The molecule has 3 aromatic rings. The van der Waals surface area contributed by atoms with Crippen LogP contribution in [-0.4, -0.2) is 24.4 Å². The van der Waals surface area contributed by atoms with Crippen LogP contribution < -0.4 is 4.72 Å². The van der Waals surface area contributed by atoms with Crippen LogP contribution in [0.1, 0.15) is 57.2 Å². The van der Waals surface area contributed by atoms with E-state index in [1.807, 2.05) is 31.6 Å². The third-order valence-electron chi connectivity index (χ3n) is 6.39. The molecule has 1 fully saturated rings. The number of halogens is 4. The Morgan fingerprint density at radius 3 is 2.36 bits per heavy atom. The number of nitrogens with zero attached hydrogens (tertiary/aromatic N) is 2. The molecule has 192 valence electrons. The van der Waals surface area contributed by atoms with E-state index in [4.69, 9.17) is 0 Å². The zero-order chi connectivity index (χ0) is 26.5. The van der Waals surface area contributed by atoms with Crippen LogP contribution in [0.2, 0.25) is 0 Å². The summed E-state index contributed by atoms with van der Waals surface area (Å²) in [4.78, 5) is 0. The van der Waals surface area contributed by atoms with Gasteiger partial charge >= 0.3 is 6.18 Å². The molecule has 0 aliphatic heterocycles. The fourth-order valence-electron chi connectivity index (χ4n) is 4.48. The molecular weight excluding hydrogens is 494 g/mol. The van der Waals surface area contributed by atoms with Gasteiger partial charge in [0.15, 0.2) is 0 Å². The second kappa shape index (κ2) is 9.20. The van der Waals surface area contributed by atoms with E-state index in [9.17, 15) is 26.9 Å². The molecule has 0 spiro atoms. The molecule has 36 heavy (non-hydrogen) atoms. The van der Waals surface area contributed by atoms with Crippen molar-refractivity contribution in [1.82, 2.24) is 9.29 Å². The van der Waals surface area contributed by atoms with Crippen LogP contribution in [-0.2, 0) is 16.6 Å². The Morgan fingerprint density at radius 1 is 1.14 bits per heavy atom. The van der Waals surface area contributed by atoms with Crippen molar-refractivity contribution in [2.45, 2.75) is 64.0 Å². The van der Waals surface area contributed by atoms with Gasteiger partial charge in [-0.2, -0.15) is 23.2 Å². The Hall–Kier alpha value is -2.90. The number of sulfonamides is 1. The lowest BCUT2D eigenvalue weighted by molar-refractivity contribution is -0.152. The number of nitriles is 1. The van der Waals surface area contributed by atoms with E-state index in [-0.39, 0.29) is 27.5 Å². The van der Waals surface area contributed by atoms with Crippen molar-refractivity contribution in [3.63, 3.8) is 0 Å². The Morgan fingerprint density at radius 2 is 1.81 bits per heavy atom. The maximum Gasteiger partial charge on any atom is 0.408 e. The number of hydrogen-bond donors (Lipinski definition) is 1. The van der Waals surface area contributed by atoms with Gasteiger partial charge in [0.2, 0.25) is 10.0 Å². The van der Waals surface area contributed by atoms with Gasteiger partial charge < -0.3 is 4.57 Å². The summed E-state index contributed by atoms with van der Waals surface area (Å²) >= 11 is 0. The summed E-state index contributed by atoms with van der Waals surface area (Å²) in [6, 6.07) is 8.33. The predicted octanol–water partition coefficient (Wildman–Crippen LogP) is 6.44. The highest BCUT2D eigenvalue weighted by Gasteiger charge is 2.46. The first kappa shape index (κ1) is 26.2. The van der Waals surface area contributed by atoms with Gasteiger partial charge in [-0.15, -0.1) is 0 Å². The molecule has 2 aromatic carbocycles. The number of rotatable bonds is 6. The van der Waals surface area contributed by atoms with E-state index in [2.05, 4.69) is 0 Å². The normalized spacial score (nSPS) is 16.1. The van der Waals surface area contributed by atoms with E-state index in [0.29, 0.717) is 36.9 Å². The molecular formula is C26H27F4N3O2S. The van der Waals surface area contributed by atoms with Gasteiger partial charge in [0.25, 0.3) is 0 Å². The van der Waals surface area contributed by atoms with Crippen molar-refractivity contribution >= 4 is 20.9 Å². The molecule has 10 heteroatoms. The number of fused-ring (bicyclic) bond motifs is 1. The molecule has 1 N–H and O–H groups in total. The largest absolute Gasteiger partial charge is 0.408 e. The minimum atomic E-state index is -4.94. The first-order valence-electron chi connectivity index (χ1n) is 11.6. The van der Waals surface area contributed by atoms with Crippen molar-refractivity contribution in [2.75, 3.05) is 0 Å². The number of hydrogen-bond acceptors (Lipinski definition) is 3. The maximum absolute atomic E-state index is 15.4. The van der Waals surface area contributed by atoms with Crippen LogP contribution in [0.25, 0.3) is 22.0 Å². The quantitative estimate of drug-likeness (QED) is 0.379. The van der Waals surface area contributed by atoms with E-state index in [0.717, 1.165) is 6.07 Å². The Balaban J connectivity index is 1.94. The van der Waals surface area contributed by atoms with E-state index >= 15 is 4.39 Å². The molecule has 1 atom stereocenters. The third kappa shape index (κ3) is 5.13. The molecule has 1 aliphatic rings. The lowest BCUT2D eigenvalue weighted by Gasteiger charge is -2.29. The van der Waals surface area contributed by atoms with Crippen molar-refractivity contribution in [3.8, 4) is 17.2 Å². The third-order valence-corrected chi connectivity index (χ3v) is 8.31. The molecule has 0 unspecified atom stereocenters. The lowest BCUT2D eigenvalue weighted by atomic mass is 9.96. The summed E-state index contributed by atoms with van der Waals surface area (Å²) in [6.45, 7) is 6.03. The molecule has 0 saturated heterocycles. The molecule has 1 aromatic heterocycles. The predicted molar refractivity (Wildman–Crippen MR) is 130 cm³/mol. The van der Waals surface area contributed by atoms with E-state index < -0.39 is 33.3 Å². The fraction of sp³-hybridized carbons (Fsp3) is 0.423. The van der Waals surface area contributed by atoms with Crippen molar-refractivity contribution in [3.05, 3.63) is 59.5 Å². The minimum absolute atomic E-state index is 0.0337. The highest BCUT2D eigenvalue weighted by atomic mass is 32.2. The van der Waals surface area contributed by atoms with Gasteiger partial charge in [-0.1, -0.05) is 45.4 Å². The van der Waals surface area contributed by atoms with Gasteiger partial charge in [-0.05, 0) is 36.5 Å². The average molecular weight is 522 g/mol. The Labute approximate surface area is 207 Å². The van der Waals surface area contributed by atoms with Gasteiger partial charge in [0.05, 0.1) is 16.9 Å². The molecule has 1 heterocycles. The van der Waals surface area contributed by atoms with Gasteiger partial charge in [0, 0.05) is 40.3 Å². The Kier molecular flexibility index (Phi) is 6.69. The molecule has 5 nitrogen and oxygen atoms in total. The summed E-state index contributed by atoms with van der Waals surface area (Å²) in [5, 5.41) is 8.57. The average Bonchev–Trinajstić information content (AvgIpc) is 3.04. The zero-order valence-corrected chi connectivity index (χ0v) is 21.0. The standard InChI is InChI=1S/C26H27F4N3O2S/c1-25(2,3)15-33-14-21(24(26(28,29)30)32-36(34,35)17-8-6-9-17)20-11-22(27)19(12-23(20)33)18-10-5-4-7-16(18)13-31/h4-5,7,10-12,14,17,24,32H,6,8-9,15H2,1-3H3/t24-/m0/s1. The van der Waals surface area contributed by atoms with Crippen LogP contribution in [0.4, 0.5) is 17.6 Å². The van der Waals surface area contributed by atoms with E-state index in [1.165, 1.54) is 18.3 Å². The highest BCUT2D eigenvalue weighted by Crippen LogP contribution is 2.41. The highest BCUT2D eigenvalue weighted by molar-refractivity contribution is 7.90. The van der Waals surface area contributed by atoms with Gasteiger partial charge in [-0.25, -0.2) is 12.8 Å². The first-order valence-corrected chi connectivity index (χ1v) is 13.2. The maximum atomic E-state index is 15.4.